The van der Waals surface area contributed by atoms with Crippen LogP contribution in [0, 0.1) is 17.2 Å². The van der Waals surface area contributed by atoms with Gasteiger partial charge in [-0.1, -0.05) is 46.8 Å². The number of nitrogens with zero attached hydrogens (tertiary/aromatic N) is 1. The van der Waals surface area contributed by atoms with Crippen LogP contribution in [0.15, 0.2) is 18.2 Å². The van der Waals surface area contributed by atoms with Crippen LogP contribution in [0.2, 0.25) is 0 Å². The Bertz CT molecular complexity index is 449. The first kappa shape index (κ1) is 18.0. The Morgan fingerprint density at radius 2 is 1.81 bits per heavy atom. The van der Waals surface area contributed by atoms with Crippen molar-refractivity contribution in [3.8, 4) is 0 Å². The van der Waals surface area contributed by atoms with Crippen LogP contribution in [0.25, 0.3) is 0 Å². The van der Waals surface area contributed by atoms with Crippen LogP contribution in [0.5, 0.6) is 0 Å². The van der Waals surface area contributed by atoms with Gasteiger partial charge in [0.05, 0.1) is 5.69 Å². The Labute approximate surface area is 129 Å². The van der Waals surface area contributed by atoms with Crippen LogP contribution in [0.1, 0.15) is 47.1 Å². The first-order valence-electron chi connectivity index (χ1n) is 7.85. The Hall–Kier alpha value is -1.09. The predicted octanol–water partition coefficient (Wildman–Crippen LogP) is 4.44. The maximum absolute atomic E-state index is 14.4. The molecule has 0 amide bonds. The highest BCUT2D eigenvalue weighted by atomic mass is 19.1. The Morgan fingerprint density at radius 3 is 2.33 bits per heavy atom. The second-order valence-electron chi connectivity index (χ2n) is 7.43. The first-order chi connectivity index (χ1) is 9.64. The highest BCUT2D eigenvalue weighted by molar-refractivity contribution is 5.55. The fourth-order valence-corrected chi connectivity index (χ4v) is 2.37. The SMILES string of the molecule is CC(C)CNCc1cccc(F)c1N(C)C(C)C(C)(C)C. The monoisotopic (exact) mass is 294 g/mol. The number of halogens is 1. The standard InChI is InChI=1S/C18H31FN2/c1-13(2)11-20-12-15-9-8-10-16(19)17(15)21(7)14(3)18(4,5)6/h8-10,13-14,20H,11-12H2,1-7H3. The summed E-state index contributed by atoms with van der Waals surface area (Å²) in [6.07, 6.45) is 0. The molecule has 120 valence electrons. The number of hydrogen-bond acceptors (Lipinski definition) is 2. The summed E-state index contributed by atoms with van der Waals surface area (Å²) in [4.78, 5) is 2.07. The fourth-order valence-electron chi connectivity index (χ4n) is 2.37. The molecule has 3 heteroatoms. The van der Waals surface area contributed by atoms with Gasteiger partial charge >= 0.3 is 0 Å². The Balaban J connectivity index is 2.99. The maximum Gasteiger partial charge on any atom is 0.146 e. The second kappa shape index (κ2) is 7.26. The third-order valence-corrected chi connectivity index (χ3v) is 4.13. The molecular formula is C18H31FN2. The van der Waals surface area contributed by atoms with Gasteiger partial charge in [-0.15, -0.1) is 0 Å². The van der Waals surface area contributed by atoms with Crippen molar-refractivity contribution < 1.29 is 4.39 Å². The van der Waals surface area contributed by atoms with Crippen LogP contribution in [0.4, 0.5) is 10.1 Å². The van der Waals surface area contributed by atoms with Crippen molar-refractivity contribution in [3.05, 3.63) is 29.6 Å². The lowest BCUT2D eigenvalue weighted by atomic mass is 9.86. The molecule has 1 atom stereocenters. The molecular weight excluding hydrogens is 263 g/mol. The number of hydrogen-bond donors (Lipinski definition) is 1. The molecule has 0 saturated carbocycles. The van der Waals surface area contributed by atoms with Gasteiger partial charge in [-0.2, -0.15) is 0 Å². The van der Waals surface area contributed by atoms with Gasteiger partial charge in [-0.05, 0) is 36.4 Å². The zero-order chi connectivity index (χ0) is 16.2. The average molecular weight is 294 g/mol. The van der Waals surface area contributed by atoms with Crippen LogP contribution < -0.4 is 10.2 Å². The van der Waals surface area contributed by atoms with Crippen molar-refractivity contribution >= 4 is 5.69 Å². The van der Waals surface area contributed by atoms with Crippen molar-refractivity contribution in [2.75, 3.05) is 18.5 Å². The van der Waals surface area contributed by atoms with Crippen molar-refractivity contribution in [1.29, 1.82) is 0 Å². The van der Waals surface area contributed by atoms with E-state index >= 15 is 0 Å². The highest BCUT2D eigenvalue weighted by Gasteiger charge is 2.26. The van der Waals surface area contributed by atoms with E-state index in [0.717, 1.165) is 17.8 Å². The molecule has 0 aromatic heterocycles. The van der Waals surface area contributed by atoms with Gasteiger partial charge in [0.2, 0.25) is 0 Å². The minimum atomic E-state index is -0.141. The average Bonchev–Trinajstić information content (AvgIpc) is 2.35. The molecule has 0 aliphatic rings. The van der Waals surface area contributed by atoms with Crippen LogP contribution in [-0.2, 0) is 6.54 Å². The topological polar surface area (TPSA) is 15.3 Å². The fraction of sp³-hybridized carbons (Fsp3) is 0.667. The van der Waals surface area contributed by atoms with E-state index in [4.69, 9.17) is 0 Å². The van der Waals surface area contributed by atoms with E-state index < -0.39 is 0 Å². The lowest BCUT2D eigenvalue weighted by molar-refractivity contribution is 0.327. The quantitative estimate of drug-likeness (QED) is 0.834. The van der Waals surface area contributed by atoms with Gasteiger partial charge < -0.3 is 10.2 Å². The molecule has 0 bridgehead atoms. The minimum absolute atomic E-state index is 0.0969. The molecule has 1 aromatic carbocycles. The van der Waals surface area contributed by atoms with Gasteiger partial charge in [0, 0.05) is 19.6 Å². The lowest BCUT2D eigenvalue weighted by Gasteiger charge is -2.38. The molecule has 0 aliphatic heterocycles. The van der Waals surface area contributed by atoms with Crippen LogP contribution in [-0.4, -0.2) is 19.6 Å². The predicted molar refractivity (Wildman–Crippen MR) is 90.3 cm³/mol. The summed E-state index contributed by atoms with van der Waals surface area (Å²) < 4.78 is 14.4. The van der Waals surface area contributed by atoms with E-state index in [9.17, 15) is 4.39 Å². The van der Waals surface area contributed by atoms with Gasteiger partial charge in [0.1, 0.15) is 5.82 Å². The molecule has 1 rings (SSSR count). The van der Waals surface area contributed by atoms with E-state index in [1.165, 1.54) is 0 Å². The number of anilines is 1. The normalized spacial score (nSPS) is 13.6. The molecule has 1 unspecified atom stereocenters. The van der Waals surface area contributed by atoms with E-state index in [1.807, 2.05) is 13.1 Å². The van der Waals surface area contributed by atoms with Crippen molar-refractivity contribution in [1.82, 2.24) is 5.32 Å². The summed E-state index contributed by atoms with van der Waals surface area (Å²) >= 11 is 0. The number of nitrogens with one attached hydrogen (secondary N) is 1. The zero-order valence-corrected chi connectivity index (χ0v) is 14.6. The maximum atomic E-state index is 14.4. The molecule has 1 aromatic rings. The second-order valence-corrected chi connectivity index (χ2v) is 7.43. The summed E-state index contributed by atoms with van der Waals surface area (Å²) in [5.41, 5.74) is 1.84. The van der Waals surface area contributed by atoms with Gasteiger partial charge in [0.25, 0.3) is 0 Å². The van der Waals surface area contributed by atoms with Crippen molar-refractivity contribution in [2.24, 2.45) is 11.3 Å². The molecule has 0 spiro atoms. The minimum Gasteiger partial charge on any atom is -0.369 e. The number of para-hydroxylation sites is 1. The third-order valence-electron chi connectivity index (χ3n) is 4.13. The molecule has 0 fully saturated rings. The lowest BCUT2D eigenvalue weighted by Crippen LogP contribution is -2.40. The number of rotatable bonds is 6. The van der Waals surface area contributed by atoms with E-state index in [-0.39, 0.29) is 17.3 Å². The Kier molecular flexibility index (Phi) is 6.21. The molecule has 0 radical (unpaired) electrons. The molecule has 1 N–H and O–H groups in total. The molecule has 21 heavy (non-hydrogen) atoms. The summed E-state index contributed by atoms with van der Waals surface area (Å²) in [7, 11) is 1.99. The van der Waals surface area contributed by atoms with E-state index in [0.29, 0.717) is 12.5 Å². The van der Waals surface area contributed by atoms with Gasteiger partial charge in [0.15, 0.2) is 0 Å². The highest BCUT2D eigenvalue weighted by Crippen LogP contribution is 2.31. The van der Waals surface area contributed by atoms with E-state index in [1.54, 1.807) is 12.1 Å². The summed E-state index contributed by atoms with van der Waals surface area (Å²) in [6.45, 7) is 14.7. The van der Waals surface area contributed by atoms with E-state index in [2.05, 4.69) is 51.8 Å². The third kappa shape index (κ3) is 4.99. The molecule has 0 saturated heterocycles. The van der Waals surface area contributed by atoms with Crippen LogP contribution >= 0.6 is 0 Å². The van der Waals surface area contributed by atoms with Crippen molar-refractivity contribution in [2.45, 2.75) is 54.1 Å². The molecule has 0 heterocycles. The van der Waals surface area contributed by atoms with Crippen molar-refractivity contribution in [3.63, 3.8) is 0 Å². The smallest absolute Gasteiger partial charge is 0.146 e. The Morgan fingerprint density at radius 1 is 1.19 bits per heavy atom. The molecule has 0 aliphatic carbocycles. The van der Waals surface area contributed by atoms with Gasteiger partial charge in [-0.25, -0.2) is 4.39 Å². The van der Waals surface area contributed by atoms with Crippen LogP contribution in [0.3, 0.4) is 0 Å². The molecule has 2 nitrogen and oxygen atoms in total. The van der Waals surface area contributed by atoms with Gasteiger partial charge in [-0.3, -0.25) is 0 Å². The first-order valence-corrected chi connectivity index (χ1v) is 7.85. The summed E-state index contributed by atoms with van der Waals surface area (Å²) in [5, 5.41) is 3.41. The summed E-state index contributed by atoms with van der Waals surface area (Å²) in [5.74, 6) is 0.450. The summed E-state index contributed by atoms with van der Waals surface area (Å²) in [6, 6.07) is 5.60. The number of benzene rings is 1. The zero-order valence-electron chi connectivity index (χ0n) is 14.6. The largest absolute Gasteiger partial charge is 0.369 e.